The molecule has 3 aromatic rings. The Hall–Kier alpha value is -3.10. The molecule has 1 aliphatic heterocycles. The molecule has 3 aromatic carbocycles. The molecule has 1 heterocycles. The number of aryl methyl sites for hydroxylation is 2. The maximum atomic E-state index is 13.2. The highest BCUT2D eigenvalue weighted by molar-refractivity contribution is 7.92. The van der Waals surface area contributed by atoms with Crippen LogP contribution in [0.3, 0.4) is 0 Å². The van der Waals surface area contributed by atoms with Gasteiger partial charge in [-0.15, -0.1) is 0 Å². The van der Waals surface area contributed by atoms with Gasteiger partial charge in [0, 0.05) is 23.5 Å². The predicted molar refractivity (Wildman–Crippen MR) is 139 cm³/mol. The molecule has 0 spiro atoms. The summed E-state index contributed by atoms with van der Waals surface area (Å²) in [5.74, 6) is 0.278. The topological polar surface area (TPSA) is 92.3 Å². The second-order valence-electron chi connectivity index (χ2n) is 9.47. The van der Waals surface area contributed by atoms with Crippen LogP contribution < -0.4 is 10.0 Å². The van der Waals surface area contributed by atoms with E-state index in [-0.39, 0.29) is 22.8 Å². The van der Waals surface area contributed by atoms with Gasteiger partial charge in [-0.2, -0.15) is 0 Å². The summed E-state index contributed by atoms with van der Waals surface area (Å²) in [6, 6.07) is 17.7. The van der Waals surface area contributed by atoms with Gasteiger partial charge in [0.05, 0.1) is 15.8 Å². The van der Waals surface area contributed by atoms with E-state index in [1.807, 2.05) is 44.2 Å². The molecule has 35 heavy (non-hydrogen) atoms. The largest absolute Gasteiger partial charge is 0.378 e. The van der Waals surface area contributed by atoms with Crippen molar-refractivity contribution < 1.29 is 16.8 Å². The molecular weight excluding hydrogens is 480 g/mol. The highest BCUT2D eigenvalue weighted by atomic mass is 32.2. The first kappa shape index (κ1) is 23.6. The zero-order valence-corrected chi connectivity index (χ0v) is 21.4. The number of hydrogen-bond donors (Lipinski definition) is 2. The molecule has 2 N–H and O–H groups in total. The first-order chi connectivity index (χ1) is 16.5. The molecule has 0 fully saturated rings. The van der Waals surface area contributed by atoms with Gasteiger partial charge < -0.3 is 5.32 Å². The van der Waals surface area contributed by atoms with Gasteiger partial charge in [0.1, 0.15) is 0 Å². The van der Waals surface area contributed by atoms with Crippen LogP contribution in [0, 0.1) is 19.8 Å². The van der Waals surface area contributed by atoms with Crippen LogP contribution in [0.4, 0.5) is 11.4 Å². The molecule has 5 rings (SSSR count). The number of nitrogens with one attached hydrogen (secondary N) is 2. The van der Waals surface area contributed by atoms with Crippen molar-refractivity contribution in [3.63, 3.8) is 0 Å². The number of sulfone groups is 1. The van der Waals surface area contributed by atoms with Crippen LogP contribution in [0.25, 0.3) is 0 Å². The molecule has 0 saturated heterocycles. The average molecular weight is 509 g/mol. The normalized spacial score (nSPS) is 21.2. The minimum Gasteiger partial charge on any atom is -0.378 e. The number of fused-ring (bicyclic) bond motifs is 3. The summed E-state index contributed by atoms with van der Waals surface area (Å²) in [5, 5.41) is 3.58. The van der Waals surface area contributed by atoms with Gasteiger partial charge in [0.2, 0.25) is 0 Å². The van der Waals surface area contributed by atoms with E-state index in [2.05, 4.69) is 22.2 Å². The molecule has 0 saturated carbocycles. The van der Waals surface area contributed by atoms with Gasteiger partial charge in [0.25, 0.3) is 10.0 Å². The van der Waals surface area contributed by atoms with Crippen molar-refractivity contribution in [2.75, 3.05) is 16.3 Å². The van der Waals surface area contributed by atoms with E-state index in [1.165, 1.54) is 6.26 Å². The third kappa shape index (κ3) is 4.48. The quantitative estimate of drug-likeness (QED) is 0.454. The van der Waals surface area contributed by atoms with Crippen LogP contribution in [0.15, 0.2) is 82.6 Å². The Morgan fingerprint density at radius 3 is 2.26 bits per heavy atom. The molecule has 3 atom stereocenters. The van der Waals surface area contributed by atoms with Crippen LogP contribution in [0.2, 0.25) is 0 Å². The summed E-state index contributed by atoms with van der Waals surface area (Å²) >= 11 is 0. The van der Waals surface area contributed by atoms with Gasteiger partial charge >= 0.3 is 0 Å². The van der Waals surface area contributed by atoms with E-state index in [4.69, 9.17) is 0 Å². The van der Waals surface area contributed by atoms with E-state index >= 15 is 0 Å². The van der Waals surface area contributed by atoms with Crippen molar-refractivity contribution in [2.24, 2.45) is 5.92 Å². The maximum absolute atomic E-state index is 13.2. The van der Waals surface area contributed by atoms with Gasteiger partial charge in [0.15, 0.2) is 9.84 Å². The minimum atomic E-state index is -3.75. The lowest BCUT2D eigenvalue weighted by Crippen LogP contribution is -2.29. The number of benzene rings is 3. The number of allylic oxidation sites excluding steroid dienone is 2. The lowest BCUT2D eigenvalue weighted by molar-refractivity contribution is 0.425. The predicted octanol–water partition coefficient (Wildman–Crippen LogP) is 5.33. The monoisotopic (exact) mass is 508 g/mol. The lowest BCUT2D eigenvalue weighted by atomic mass is 9.77. The smallest absolute Gasteiger partial charge is 0.261 e. The van der Waals surface area contributed by atoms with Gasteiger partial charge in [-0.1, -0.05) is 30.4 Å². The molecule has 0 amide bonds. The molecule has 1 aliphatic carbocycles. The summed E-state index contributed by atoms with van der Waals surface area (Å²) in [7, 11) is -7.01. The Morgan fingerprint density at radius 2 is 1.57 bits per heavy atom. The molecule has 0 aromatic heterocycles. The fraction of sp³-hybridized carbons (Fsp3) is 0.259. The maximum Gasteiger partial charge on any atom is 0.261 e. The van der Waals surface area contributed by atoms with Crippen LogP contribution in [0.1, 0.15) is 40.6 Å². The summed E-state index contributed by atoms with van der Waals surface area (Å²) in [6.07, 6.45) is 6.34. The van der Waals surface area contributed by atoms with Crippen molar-refractivity contribution in [2.45, 2.75) is 42.0 Å². The Morgan fingerprint density at radius 1 is 0.857 bits per heavy atom. The SMILES string of the molecule is Cc1ccc(NS(=O)(=O)c2ccc3c(c2)[C@H]2C=CC[C@H]2[C@H](c2ccc(S(C)(=O)=O)cc2)N3)cc1C. The number of hydrogen-bond acceptors (Lipinski definition) is 5. The highest BCUT2D eigenvalue weighted by Crippen LogP contribution is 2.50. The highest BCUT2D eigenvalue weighted by Gasteiger charge is 2.38. The second-order valence-corrected chi connectivity index (χ2v) is 13.2. The van der Waals surface area contributed by atoms with Crippen molar-refractivity contribution >= 4 is 31.2 Å². The molecule has 0 unspecified atom stereocenters. The third-order valence-corrected chi connectivity index (χ3v) is 9.58. The molecular formula is C27H28N2O4S2. The van der Waals surface area contributed by atoms with Crippen molar-refractivity contribution in [1.29, 1.82) is 0 Å². The van der Waals surface area contributed by atoms with Crippen molar-refractivity contribution in [3.8, 4) is 0 Å². The number of anilines is 2. The van der Waals surface area contributed by atoms with Crippen LogP contribution in [-0.2, 0) is 19.9 Å². The summed E-state index contributed by atoms with van der Waals surface area (Å²) in [4.78, 5) is 0.524. The summed E-state index contributed by atoms with van der Waals surface area (Å²) in [5.41, 5.74) is 5.52. The average Bonchev–Trinajstić information content (AvgIpc) is 3.30. The molecule has 2 aliphatic rings. The van der Waals surface area contributed by atoms with Crippen LogP contribution >= 0.6 is 0 Å². The Kier molecular flexibility index (Phi) is 5.76. The number of rotatable bonds is 5. The Bertz CT molecular complexity index is 1540. The molecule has 0 bridgehead atoms. The Balaban J connectivity index is 1.46. The van der Waals surface area contributed by atoms with E-state index in [0.29, 0.717) is 10.6 Å². The third-order valence-electron chi connectivity index (χ3n) is 7.07. The molecule has 0 radical (unpaired) electrons. The van der Waals surface area contributed by atoms with E-state index in [9.17, 15) is 16.8 Å². The Labute approximate surface area is 207 Å². The van der Waals surface area contributed by atoms with E-state index in [0.717, 1.165) is 34.4 Å². The summed E-state index contributed by atoms with van der Waals surface area (Å²) < 4.78 is 52.8. The minimum absolute atomic E-state index is 0.00720. The van der Waals surface area contributed by atoms with Crippen LogP contribution in [-0.4, -0.2) is 23.1 Å². The molecule has 8 heteroatoms. The van der Waals surface area contributed by atoms with Crippen LogP contribution in [0.5, 0.6) is 0 Å². The zero-order valence-electron chi connectivity index (χ0n) is 19.8. The summed E-state index contributed by atoms with van der Waals surface area (Å²) in [6.45, 7) is 3.94. The fourth-order valence-electron chi connectivity index (χ4n) is 5.01. The van der Waals surface area contributed by atoms with Crippen molar-refractivity contribution in [1.82, 2.24) is 0 Å². The van der Waals surface area contributed by atoms with E-state index < -0.39 is 19.9 Å². The van der Waals surface area contributed by atoms with Gasteiger partial charge in [-0.25, -0.2) is 16.8 Å². The standard InChI is InChI=1S/C27H28N2O4S2/c1-17-7-10-20(15-18(17)2)29-35(32,33)22-13-14-26-25(16-22)23-5-4-6-24(23)27(28-26)19-8-11-21(12-9-19)34(3,30)31/h4-5,7-16,23-24,27-29H,6H2,1-3H3/t23-,24+,27-/m0/s1. The van der Waals surface area contributed by atoms with Crippen molar-refractivity contribution in [3.05, 3.63) is 95.1 Å². The zero-order chi connectivity index (χ0) is 25.0. The van der Waals surface area contributed by atoms with Gasteiger partial charge in [-0.3, -0.25) is 4.72 Å². The van der Waals surface area contributed by atoms with Gasteiger partial charge in [-0.05, 0) is 90.9 Å². The second kappa shape index (κ2) is 8.53. The number of sulfonamides is 1. The fourth-order valence-corrected chi connectivity index (χ4v) is 6.73. The first-order valence-corrected chi connectivity index (χ1v) is 14.9. The molecule has 182 valence electrons. The lowest BCUT2D eigenvalue weighted by Gasteiger charge is -2.37. The van der Waals surface area contributed by atoms with E-state index in [1.54, 1.807) is 30.3 Å². The first-order valence-electron chi connectivity index (χ1n) is 11.5. The molecule has 6 nitrogen and oxygen atoms in total.